The van der Waals surface area contributed by atoms with Gasteiger partial charge in [0.15, 0.2) is 6.04 Å². The summed E-state index contributed by atoms with van der Waals surface area (Å²) in [5.74, 6) is -3.14. The zero-order chi connectivity index (χ0) is 22.0. The molecule has 0 aromatic heterocycles. The fraction of sp³-hybridized carbons (Fsp3) is 0.500. The number of ether oxygens (including phenoxy) is 1. The van der Waals surface area contributed by atoms with Crippen molar-refractivity contribution in [1.29, 1.82) is 0 Å². The molecule has 1 aromatic rings. The molecule has 7 heteroatoms. The minimum absolute atomic E-state index is 0.113. The number of carbonyl (C=O) groups excluding carboxylic acids is 3. The summed E-state index contributed by atoms with van der Waals surface area (Å²) in [6.45, 7) is 11.0. The molecule has 0 saturated carbocycles. The van der Waals surface area contributed by atoms with Crippen LogP contribution in [0.2, 0.25) is 0 Å². The molecule has 2 amide bonds. The average molecular weight is 405 g/mol. The smallest absolute Gasteiger partial charge is 0.333 e. The Morgan fingerprint density at radius 1 is 1.07 bits per heavy atom. The van der Waals surface area contributed by atoms with E-state index in [2.05, 4.69) is 11.9 Å². The molecule has 3 unspecified atom stereocenters. The van der Waals surface area contributed by atoms with E-state index in [0.29, 0.717) is 12.0 Å². The summed E-state index contributed by atoms with van der Waals surface area (Å²) in [4.78, 5) is 38.0. The SMILES string of the molecule is C=CCC(C(=O)NO)C(CC(C)C)C(=O)NC(C(=O)OC(C)C)c1ccccc1. The fourth-order valence-electron chi connectivity index (χ4n) is 3.15. The van der Waals surface area contributed by atoms with E-state index >= 15 is 0 Å². The van der Waals surface area contributed by atoms with Crippen LogP contribution < -0.4 is 10.8 Å². The topological polar surface area (TPSA) is 105 Å². The highest BCUT2D eigenvalue weighted by molar-refractivity contribution is 5.90. The predicted octanol–water partition coefficient (Wildman–Crippen LogP) is 3.16. The third-order valence-electron chi connectivity index (χ3n) is 4.42. The maximum absolute atomic E-state index is 13.2. The van der Waals surface area contributed by atoms with Crippen LogP contribution in [0.25, 0.3) is 0 Å². The van der Waals surface area contributed by atoms with Crippen LogP contribution in [0.4, 0.5) is 0 Å². The lowest BCUT2D eigenvalue weighted by molar-refractivity contribution is -0.152. The summed E-state index contributed by atoms with van der Waals surface area (Å²) < 4.78 is 5.32. The Balaban J connectivity index is 3.21. The minimum Gasteiger partial charge on any atom is -0.461 e. The number of hydrogen-bond acceptors (Lipinski definition) is 5. The normalized spacial score (nSPS) is 14.0. The van der Waals surface area contributed by atoms with Gasteiger partial charge in [0.25, 0.3) is 0 Å². The van der Waals surface area contributed by atoms with Gasteiger partial charge >= 0.3 is 5.97 Å². The Hall–Kier alpha value is -2.67. The molecule has 3 atom stereocenters. The molecule has 1 rings (SSSR count). The first-order valence-corrected chi connectivity index (χ1v) is 9.81. The zero-order valence-corrected chi connectivity index (χ0v) is 17.6. The van der Waals surface area contributed by atoms with E-state index in [0.717, 1.165) is 0 Å². The van der Waals surface area contributed by atoms with Crippen molar-refractivity contribution in [2.45, 2.75) is 52.7 Å². The summed E-state index contributed by atoms with van der Waals surface area (Å²) in [5, 5.41) is 11.9. The number of hydroxylamine groups is 1. The van der Waals surface area contributed by atoms with Crippen LogP contribution >= 0.6 is 0 Å². The lowest BCUT2D eigenvalue weighted by Crippen LogP contribution is -2.45. The van der Waals surface area contributed by atoms with E-state index in [-0.39, 0.29) is 18.4 Å². The van der Waals surface area contributed by atoms with Crippen molar-refractivity contribution < 1.29 is 24.3 Å². The number of allylic oxidation sites excluding steroid dienone is 1. The van der Waals surface area contributed by atoms with Crippen LogP contribution in [0.3, 0.4) is 0 Å². The summed E-state index contributed by atoms with van der Waals surface area (Å²) >= 11 is 0. The molecule has 0 aliphatic heterocycles. The zero-order valence-electron chi connectivity index (χ0n) is 17.6. The first kappa shape index (κ1) is 24.4. The van der Waals surface area contributed by atoms with Gasteiger partial charge < -0.3 is 10.1 Å². The second-order valence-corrected chi connectivity index (χ2v) is 7.68. The van der Waals surface area contributed by atoms with Gasteiger partial charge in [-0.3, -0.25) is 14.8 Å². The number of benzene rings is 1. The number of rotatable bonds is 11. The second-order valence-electron chi connectivity index (χ2n) is 7.68. The van der Waals surface area contributed by atoms with Gasteiger partial charge in [0, 0.05) is 0 Å². The molecule has 0 saturated heterocycles. The molecule has 0 radical (unpaired) electrons. The number of hydrogen-bond donors (Lipinski definition) is 3. The van der Waals surface area contributed by atoms with E-state index in [1.54, 1.807) is 43.6 Å². The molecule has 0 heterocycles. The highest BCUT2D eigenvalue weighted by atomic mass is 16.5. The molecule has 0 spiro atoms. The van der Waals surface area contributed by atoms with Crippen LogP contribution in [0.15, 0.2) is 43.0 Å². The molecule has 0 aliphatic rings. The minimum atomic E-state index is -0.998. The van der Waals surface area contributed by atoms with Crippen LogP contribution in [-0.2, 0) is 19.1 Å². The van der Waals surface area contributed by atoms with Crippen LogP contribution in [0.1, 0.15) is 52.1 Å². The van der Waals surface area contributed by atoms with Crippen LogP contribution in [-0.4, -0.2) is 29.1 Å². The number of nitrogens with one attached hydrogen (secondary N) is 2. The number of amides is 2. The van der Waals surface area contributed by atoms with Gasteiger partial charge in [0.2, 0.25) is 11.8 Å². The lowest BCUT2D eigenvalue weighted by Gasteiger charge is -2.28. The van der Waals surface area contributed by atoms with Crippen LogP contribution in [0.5, 0.6) is 0 Å². The molecule has 1 aromatic carbocycles. The maximum atomic E-state index is 13.2. The van der Waals surface area contributed by atoms with E-state index in [1.807, 2.05) is 19.9 Å². The largest absolute Gasteiger partial charge is 0.461 e. The Morgan fingerprint density at radius 3 is 2.17 bits per heavy atom. The van der Waals surface area contributed by atoms with Gasteiger partial charge in [-0.1, -0.05) is 50.3 Å². The van der Waals surface area contributed by atoms with Gasteiger partial charge in [-0.25, -0.2) is 10.3 Å². The van der Waals surface area contributed by atoms with Crippen molar-refractivity contribution in [2.75, 3.05) is 0 Å². The third-order valence-corrected chi connectivity index (χ3v) is 4.42. The molecule has 160 valence electrons. The van der Waals surface area contributed by atoms with Gasteiger partial charge in [-0.05, 0) is 38.2 Å². The van der Waals surface area contributed by atoms with Crippen molar-refractivity contribution in [1.82, 2.24) is 10.8 Å². The van der Waals surface area contributed by atoms with Gasteiger partial charge in [-0.15, -0.1) is 6.58 Å². The van der Waals surface area contributed by atoms with Crippen molar-refractivity contribution >= 4 is 17.8 Å². The Labute approximate surface area is 172 Å². The number of carbonyl (C=O) groups is 3. The van der Waals surface area contributed by atoms with E-state index in [9.17, 15) is 14.4 Å². The average Bonchev–Trinajstić information content (AvgIpc) is 2.67. The summed E-state index contributed by atoms with van der Waals surface area (Å²) in [7, 11) is 0. The highest BCUT2D eigenvalue weighted by Gasteiger charge is 2.36. The van der Waals surface area contributed by atoms with Crippen molar-refractivity contribution in [3.05, 3.63) is 48.6 Å². The summed E-state index contributed by atoms with van der Waals surface area (Å²) in [6, 6.07) is 7.80. The van der Waals surface area contributed by atoms with Gasteiger partial charge in [0.05, 0.1) is 17.9 Å². The number of esters is 1. The summed E-state index contributed by atoms with van der Waals surface area (Å²) in [5.41, 5.74) is 2.22. The van der Waals surface area contributed by atoms with E-state index in [4.69, 9.17) is 9.94 Å². The third kappa shape index (κ3) is 7.69. The van der Waals surface area contributed by atoms with Gasteiger partial charge in [-0.2, -0.15) is 0 Å². The quantitative estimate of drug-likeness (QED) is 0.227. The highest BCUT2D eigenvalue weighted by Crippen LogP contribution is 2.26. The first-order chi connectivity index (χ1) is 13.7. The molecule has 29 heavy (non-hydrogen) atoms. The summed E-state index contributed by atoms with van der Waals surface area (Å²) in [6.07, 6.45) is 1.80. The Bertz CT molecular complexity index is 688. The molecule has 0 aliphatic carbocycles. The van der Waals surface area contributed by atoms with E-state index < -0.39 is 35.7 Å². The molecule has 3 N–H and O–H groups in total. The maximum Gasteiger partial charge on any atom is 0.333 e. The molecular weight excluding hydrogens is 372 g/mol. The van der Waals surface area contributed by atoms with Crippen molar-refractivity contribution in [3.8, 4) is 0 Å². The monoisotopic (exact) mass is 404 g/mol. The van der Waals surface area contributed by atoms with Crippen LogP contribution in [0, 0.1) is 17.8 Å². The lowest BCUT2D eigenvalue weighted by atomic mass is 9.82. The van der Waals surface area contributed by atoms with Gasteiger partial charge in [0.1, 0.15) is 0 Å². The van der Waals surface area contributed by atoms with Crippen molar-refractivity contribution in [2.24, 2.45) is 17.8 Å². The van der Waals surface area contributed by atoms with Crippen molar-refractivity contribution in [3.63, 3.8) is 0 Å². The predicted molar refractivity (Wildman–Crippen MR) is 110 cm³/mol. The molecular formula is C22H32N2O5. The first-order valence-electron chi connectivity index (χ1n) is 9.81. The standard InChI is InChI=1S/C22H32N2O5/c1-6-10-17(21(26)24-28)18(13-14(2)3)20(25)23-19(22(27)29-15(4)5)16-11-8-7-9-12-16/h6-9,11-12,14-15,17-19,28H,1,10,13H2,2-5H3,(H,23,25)(H,24,26). The van der Waals surface area contributed by atoms with E-state index in [1.165, 1.54) is 6.08 Å². The molecule has 7 nitrogen and oxygen atoms in total. The Morgan fingerprint density at radius 2 is 1.69 bits per heavy atom. The molecule has 0 fully saturated rings. The second kappa shape index (κ2) is 12.0. The fourth-order valence-corrected chi connectivity index (χ4v) is 3.15. The molecule has 0 bridgehead atoms. The Kier molecular flexibility index (Phi) is 10.1.